The number of benzene rings is 11. The van der Waals surface area contributed by atoms with Crippen LogP contribution in [-0.4, -0.2) is 0 Å². The number of nitrogens with zero attached hydrogens (tertiary/aromatic N) is 1. The summed E-state index contributed by atoms with van der Waals surface area (Å²) in [6.07, 6.45) is 0. The molecule has 0 atom stereocenters. The Bertz CT molecular complexity index is 4370. The van der Waals surface area contributed by atoms with Gasteiger partial charge in [-0.3, -0.25) is 0 Å². The van der Waals surface area contributed by atoms with Crippen molar-refractivity contribution >= 4 is 82.9 Å². The minimum Gasteiger partial charge on any atom is -0.456 e. The monoisotopic (exact) mass is 907 g/mol. The second kappa shape index (κ2) is 15.3. The van der Waals surface area contributed by atoms with E-state index in [1.165, 1.54) is 33.4 Å². The number of furan rings is 3. The van der Waals surface area contributed by atoms with E-state index >= 15 is 0 Å². The second-order valence-corrected chi connectivity index (χ2v) is 18.6. The van der Waals surface area contributed by atoms with Gasteiger partial charge in [-0.25, -0.2) is 0 Å². The molecule has 0 unspecified atom stereocenters. The van der Waals surface area contributed by atoms with Crippen molar-refractivity contribution in [1.29, 1.82) is 0 Å². The molecule has 15 rings (SSSR count). The number of anilines is 3. The maximum atomic E-state index is 7.45. The Morgan fingerprint density at radius 2 is 0.873 bits per heavy atom. The molecule has 0 aliphatic heterocycles. The molecule has 4 nitrogen and oxygen atoms in total. The third-order valence-corrected chi connectivity index (χ3v) is 15.0. The first-order chi connectivity index (χ1) is 35.2. The molecule has 1 aliphatic carbocycles. The van der Waals surface area contributed by atoms with Gasteiger partial charge in [0.05, 0.1) is 22.5 Å². The van der Waals surface area contributed by atoms with Crippen LogP contribution in [0, 0.1) is 0 Å². The summed E-state index contributed by atoms with van der Waals surface area (Å²) in [5, 5.41) is 6.21. The van der Waals surface area contributed by atoms with Crippen LogP contribution in [0.2, 0.25) is 0 Å². The number of fused-ring (bicyclic) bond motifs is 12. The molecule has 14 aromatic rings. The molecule has 3 aromatic heterocycles. The average molecular weight is 908 g/mol. The topological polar surface area (TPSA) is 42.7 Å². The van der Waals surface area contributed by atoms with Crippen LogP contribution in [0.4, 0.5) is 17.1 Å². The van der Waals surface area contributed by atoms with Gasteiger partial charge in [-0.2, -0.15) is 0 Å². The van der Waals surface area contributed by atoms with E-state index in [9.17, 15) is 0 Å². The van der Waals surface area contributed by atoms with Crippen molar-refractivity contribution in [2.24, 2.45) is 0 Å². The standard InChI is InChI=1S/C67H41NO3/c1-4-20-42(21-5-1)46-26-11-15-34-56(46)68(57-35-19-30-49-47-27-12-16-36-58(47)70-65(49)57)45-38-39-48-53-41-61-63(51-29-13-17-37-59(51)69-61)64(66(53)71-60(48)40-45)52-31-18-33-55-62(52)50-28-10-14-32-54(50)67(55,43-22-6-2-7-23-43)44-24-8-3-9-25-44/h1-41H. The molecule has 0 fully saturated rings. The van der Waals surface area contributed by atoms with Crippen molar-refractivity contribution < 1.29 is 13.3 Å². The molecule has 71 heavy (non-hydrogen) atoms. The van der Waals surface area contributed by atoms with Gasteiger partial charge in [0.1, 0.15) is 27.9 Å². The molecule has 0 spiro atoms. The van der Waals surface area contributed by atoms with Crippen LogP contribution in [0.1, 0.15) is 22.3 Å². The molecule has 332 valence electrons. The fraction of sp³-hybridized carbons (Fsp3) is 0.0149. The molecule has 0 bridgehead atoms. The first-order valence-electron chi connectivity index (χ1n) is 24.2. The predicted molar refractivity (Wildman–Crippen MR) is 291 cm³/mol. The lowest BCUT2D eigenvalue weighted by Gasteiger charge is -2.34. The van der Waals surface area contributed by atoms with Crippen LogP contribution in [-0.2, 0) is 5.41 Å². The van der Waals surface area contributed by atoms with Gasteiger partial charge in [0, 0.05) is 49.5 Å². The molecule has 4 heteroatoms. The summed E-state index contributed by atoms with van der Waals surface area (Å²) in [7, 11) is 0. The molecule has 0 amide bonds. The maximum Gasteiger partial charge on any atom is 0.159 e. The first-order valence-corrected chi connectivity index (χ1v) is 24.2. The molecule has 0 saturated carbocycles. The largest absolute Gasteiger partial charge is 0.456 e. The second-order valence-electron chi connectivity index (χ2n) is 18.6. The van der Waals surface area contributed by atoms with E-state index in [-0.39, 0.29) is 0 Å². The minimum atomic E-state index is -0.569. The zero-order chi connectivity index (χ0) is 46.6. The van der Waals surface area contributed by atoms with E-state index in [2.05, 4.69) is 235 Å². The third-order valence-electron chi connectivity index (χ3n) is 15.0. The number of rotatable bonds is 7. The lowest BCUT2D eigenvalue weighted by molar-refractivity contribution is 0.664. The summed E-state index contributed by atoms with van der Waals surface area (Å²) in [5.74, 6) is 0. The SMILES string of the molecule is c1ccc(-c2ccccc2N(c2ccc3c(c2)oc2c(-c4cccc5c4-c4ccccc4C5(c4ccccc4)c4ccccc4)c4c(cc23)oc2ccccc24)c2cccc3c2oc2ccccc23)cc1. The highest BCUT2D eigenvalue weighted by Gasteiger charge is 2.47. The number of hydrogen-bond acceptors (Lipinski definition) is 4. The Kier molecular flexibility index (Phi) is 8.54. The van der Waals surface area contributed by atoms with Gasteiger partial charge < -0.3 is 18.2 Å². The molecular formula is C67H41NO3. The van der Waals surface area contributed by atoms with Gasteiger partial charge in [-0.1, -0.05) is 200 Å². The highest BCUT2D eigenvalue weighted by molar-refractivity contribution is 6.25. The van der Waals surface area contributed by atoms with Gasteiger partial charge in [-0.15, -0.1) is 0 Å². The van der Waals surface area contributed by atoms with E-state index in [1.807, 2.05) is 18.2 Å². The van der Waals surface area contributed by atoms with Crippen LogP contribution in [0.15, 0.2) is 262 Å². The van der Waals surface area contributed by atoms with Crippen LogP contribution >= 0.6 is 0 Å². The first kappa shape index (κ1) is 39.6. The summed E-state index contributed by atoms with van der Waals surface area (Å²) < 4.78 is 21.1. The normalized spacial score (nSPS) is 12.9. The molecule has 3 heterocycles. The Balaban J connectivity index is 1.02. The van der Waals surface area contributed by atoms with Crippen LogP contribution in [0.25, 0.3) is 99.2 Å². The molecule has 11 aromatic carbocycles. The lowest BCUT2D eigenvalue weighted by Crippen LogP contribution is -2.28. The van der Waals surface area contributed by atoms with Gasteiger partial charge in [0.25, 0.3) is 0 Å². The van der Waals surface area contributed by atoms with E-state index in [4.69, 9.17) is 13.3 Å². The van der Waals surface area contributed by atoms with Gasteiger partial charge in [0.15, 0.2) is 5.58 Å². The highest BCUT2D eigenvalue weighted by atomic mass is 16.3. The van der Waals surface area contributed by atoms with Gasteiger partial charge in [-0.05, 0) is 87.0 Å². The smallest absolute Gasteiger partial charge is 0.159 e. The van der Waals surface area contributed by atoms with Crippen LogP contribution in [0.5, 0.6) is 0 Å². The summed E-state index contributed by atoms with van der Waals surface area (Å²) in [5.41, 5.74) is 18.9. The van der Waals surface area contributed by atoms with Crippen molar-refractivity contribution in [1.82, 2.24) is 0 Å². The molecule has 0 N–H and O–H groups in total. The molecule has 1 aliphatic rings. The Hall–Kier alpha value is -9.38. The molecular weight excluding hydrogens is 867 g/mol. The van der Waals surface area contributed by atoms with Crippen molar-refractivity contribution in [2.75, 3.05) is 4.90 Å². The van der Waals surface area contributed by atoms with Gasteiger partial charge in [0.2, 0.25) is 0 Å². The summed E-state index contributed by atoms with van der Waals surface area (Å²) in [4.78, 5) is 2.33. The van der Waals surface area contributed by atoms with Crippen molar-refractivity contribution in [3.05, 3.63) is 271 Å². The molecule has 0 saturated heterocycles. The Morgan fingerprint density at radius 3 is 1.66 bits per heavy atom. The maximum absolute atomic E-state index is 7.45. The highest BCUT2D eigenvalue weighted by Crippen LogP contribution is 2.60. The van der Waals surface area contributed by atoms with Gasteiger partial charge >= 0.3 is 0 Å². The minimum absolute atomic E-state index is 0.569. The lowest BCUT2D eigenvalue weighted by atomic mass is 9.67. The van der Waals surface area contributed by atoms with Crippen molar-refractivity contribution in [3.8, 4) is 33.4 Å². The zero-order valence-electron chi connectivity index (χ0n) is 38.3. The predicted octanol–water partition coefficient (Wildman–Crippen LogP) is 18.6. The van der Waals surface area contributed by atoms with E-state index < -0.39 is 5.41 Å². The number of hydrogen-bond donors (Lipinski definition) is 0. The summed E-state index contributed by atoms with van der Waals surface area (Å²) >= 11 is 0. The van der Waals surface area contributed by atoms with Crippen LogP contribution in [0.3, 0.4) is 0 Å². The fourth-order valence-corrected chi connectivity index (χ4v) is 12.0. The summed E-state index contributed by atoms with van der Waals surface area (Å²) in [6.45, 7) is 0. The molecule has 0 radical (unpaired) electrons. The quantitative estimate of drug-likeness (QED) is 0.160. The van der Waals surface area contributed by atoms with Crippen molar-refractivity contribution in [3.63, 3.8) is 0 Å². The number of para-hydroxylation sites is 4. The Morgan fingerprint density at radius 1 is 0.310 bits per heavy atom. The third kappa shape index (κ3) is 5.67. The van der Waals surface area contributed by atoms with E-state index in [0.29, 0.717) is 0 Å². The summed E-state index contributed by atoms with van der Waals surface area (Å²) in [6, 6.07) is 88.9. The average Bonchev–Trinajstić information content (AvgIpc) is 4.20. The fourth-order valence-electron chi connectivity index (χ4n) is 12.0. The Labute approximate surface area is 408 Å². The van der Waals surface area contributed by atoms with E-state index in [1.54, 1.807) is 0 Å². The van der Waals surface area contributed by atoms with E-state index in [0.717, 1.165) is 105 Å². The van der Waals surface area contributed by atoms with Crippen LogP contribution < -0.4 is 4.90 Å². The van der Waals surface area contributed by atoms with Crippen molar-refractivity contribution in [2.45, 2.75) is 5.41 Å². The zero-order valence-corrected chi connectivity index (χ0v) is 38.3.